The molecule has 1 atom stereocenters. The fraction of sp³-hybridized carbons (Fsp3) is 0.500. The minimum absolute atomic E-state index is 0.0847. The number of rotatable bonds is 6. The van der Waals surface area contributed by atoms with Crippen LogP contribution >= 0.6 is 0 Å². The molecule has 128 valence electrons. The van der Waals surface area contributed by atoms with Crippen molar-refractivity contribution in [3.8, 4) is 5.69 Å². The largest absolute Gasteiger partial charge is 0.365 e. The molecule has 1 aromatic heterocycles. The summed E-state index contributed by atoms with van der Waals surface area (Å²) in [6, 6.07) is 4.30. The predicted molar refractivity (Wildman–Crippen MR) is 85.2 cm³/mol. The molecule has 0 bridgehead atoms. The minimum Gasteiger partial charge on any atom is -0.365 e. The van der Waals surface area contributed by atoms with E-state index in [0.29, 0.717) is 12.1 Å². The van der Waals surface area contributed by atoms with Crippen LogP contribution in [0.5, 0.6) is 0 Å². The Morgan fingerprint density at radius 2 is 2.25 bits per heavy atom. The first kappa shape index (κ1) is 16.5. The van der Waals surface area contributed by atoms with Gasteiger partial charge in [-0.1, -0.05) is 19.8 Å². The van der Waals surface area contributed by atoms with Gasteiger partial charge < -0.3 is 10.1 Å². The number of tetrazole rings is 1. The molecule has 1 unspecified atom stereocenters. The van der Waals surface area contributed by atoms with E-state index in [2.05, 4.69) is 20.8 Å². The molecule has 0 aliphatic heterocycles. The Morgan fingerprint density at radius 3 is 2.92 bits per heavy atom. The van der Waals surface area contributed by atoms with Crippen molar-refractivity contribution in [2.75, 3.05) is 5.32 Å². The van der Waals surface area contributed by atoms with E-state index in [1.165, 1.54) is 29.2 Å². The summed E-state index contributed by atoms with van der Waals surface area (Å²) in [5.74, 6) is -0.854. The van der Waals surface area contributed by atoms with Gasteiger partial charge >= 0.3 is 0 Å². The lowest BCUT2D eigenvalue weighted by Crippen LogP contribution is -2.33. The van der Waals surface area contributed by atoms with Gasteiger partial charge in [0.15, 0.2) is 0 Å². The van der Waals surface area contributed by atoms with Crippen LogP contribution in [0.3, 0.4) is 0 Å². The minimum atomic E-state index is -0.579. The van der Waals surface area contributed by atoms with Crippen molar-refractivity contribution in [2.24, 2.45) is 0 Å². The fourth-order valence-corrected chi connectivity index (χ4v) is 2.84. The fourth-order valence-electron chi connectivity index (χ4n) is 2.84. The average molecular weight is 333 g/mol. The molecule has 7 nitrogen and oxygen atoms in total. The van der Waals surface area contributed by atoms with E-state index in [9.17, 15) is 9.18 Å². The third-order valence-electron chi connectivity index (χ3n) is 4.14. The van der Waals surface area contributed by atoms with Crippen molar-refractivity contribution in [2.45, 2.75) is 51.2 Å². The number of halogens is 1. The van der Waals surface area contributed by atoms with Crippen LogP contribution < -0.4 is 5.32 Å². The van der Waals surface area contributed by atoms with Gasteiger partial charge in [0.05, 0.1) is 17.5 Å². The molecule has 1 fully saturated rings. The molecule has 24 heavy (non-hydrogen) atoms. The highest BCUT2D eigenvalue weighted by atomic mass is 19.1. The maximum atomic E-state index is 14.0. The van der Waals surface area contributed by atoms with Gasteiger partial charge in [0.2, 0.25) is 0 Å². The number of nitrogens with zero attached hydrogens (tertiary/aromatic N) is 4. The first-order valence-corrected chi connectivity index (χ1v) is 8.16. The van der Waals surface area contributed by atoms with Gasteiger partial charge in [-0.2, -0.15) is 0 Å². The van der Waals surface area contributed by atoms with Crippen molar-refractivity contribution in [1.82, 2.24) is 20.2 Å². The lowest BCUT2D eigenvalue weighted by Gasteiger charge is -2.20. The summed E-state index contributed by atoms with van der Waals surface area (Å²) in [6.07, 6.45) is 5.70. The Hall–Kier alpha value is -2.35. The van der Waals surface area contributed by atoms with Crippen LogP contribution in [0.2, 0.25) is 0 Å². The Morgan fingerprint density at radius 1 is 1.46 bits per heavy atom. The number of nitrogens with one attached hydrogen (secondary N) is 1. The summed E-state index contributed by atoms with van der Waals surface area (Å²) in [5, 5.41) is 13.5. The van der Waals surface area contributed by atoms with Crippen LogP contribution in [-0.2, 0) is 9.53 Å². The molecular weight excluding hydrogens is 313 g/mol. The number of carbonyl (C=O) groups excluding carboxylic acids is 1. The zero-order chi connectivity index (χ0) is 16.9. The molecule has 1 aliphatic rings. The van der Waals surface area contributed by atoms with Crippen molar-refractivity contribution >= 4 is 11.6 Å². The van der Waals surface area contributed by atoms with Crippen LogP contribution in [0, 0.1) is 5.82 Å². The molecule has 1 aromatic carbocycles. The molecular formula is C16H20FN5O2. The summed E-state index contributed by atoms with van der Waals surface area (Å²) in [4.78, 5) is 12.4. The number of amides is 1. The van der Waals surface area contributed by atoms with Crippen molar-refractivity contribution in [3.05, 3.63) is 30.3 Å². The number of aromatic nitrogens is 4. The van der Waals surface area contributed by atoms with Crippen LogP contribution in [0.4, 0.5) is 10.1 Å². The molecule has 2 aromatic rings. The zero-order valence-electron chi connectivity index (χ0n) is 13.5. The smallest absolute Gasteiger partial charge is 0.253 e. The highest BCUT2D eigenvalue weighted by Crippen LogP contribution is 2.24. The van der Waals surface area contributed by atoms with Crippen LogP contribution in [0.1, 0.15) is 39.0 Å². The standard InChI is InChI=1S/C16H20FN5O2/c1-2-15(24-12-5-3-4-6-12)16(23)19-14-9-11(7-8-13(14)17)22-10-18-20-21-22/h7-10,12,15H,2-6H2,1H3,(H,19,23). The van der Waals surface area contributed by atoms with Crippen molar-refractivity contribution < 1.29 is 13.9 Å². The van der Waals surface area contributed by atoms with Gasteiger partial charge in [-0.25, -0.2) is 9.07 Å². The third-order valence-corrected chi connectivity index (χ3v) is 4.14. The van der Waals surface area contributed by atoms with Crippen LogP contribution in [0.15, 0.2) is 24.5 Å². The molecule has 3 rings (SSSR count). The number of anilines is 1. The lowest BCUT2D eigenvalue weighted by molar-refractivity contribution is -0.131. The Bertz CT molecular complexity index is 686. The zero-order valence-corrected chi connectivity index (χ0v) is 13.5. The van der Waals surface area contributed by atoms with E-state index < -0.39 is 11.9 Å². The second-order valence-corrected chi connectivity index (χ2v) is 5.85. The summed E-state index contributed by atoms with van der Waals surface area (Å²) >= 11 is 0. The summed E-state index contributed by atoms with van der Waals surface area (Å²) in [6.45, 7) is 1.88. The average Bonchev–Trinajstić information content (AvgIpc) is 3.28. The number of carbonyl (C=O) groups is 1. The van der Waals surface area contributed by atoms with Gasteiger partial charge in [-0.05, 0) is 47.9 Å². The molecule has 1 amide bonds. The second kappa shape index (κ2) is 7.48. The molecule has 1 N–H and O–H groups in total. The second-order valence-electron chi connectivity index (χ2n) is 5.85. The van der Waals surface area contributed by atoms with Crippen LogP contribution in [-0.4, -0.2) is 38.3 Å². The van der Waals surface area contributed by atoms with Gasteiger partial charge in [0.1, 0.15) is 18.2 Å². The van der Waals surface area contributed by atoms with E-state index >= 15 is 0 Å². The Labute approximate surface area is 139 Å². The molecule has 0 radical (unpaired) electrons. The van der Waals surface area contributed by atoms with E-state index in [4.69, 9.17) is 4.74 Å². The lowest BCUT2D eigenvalue weighted by atomic mass is 10.2. The maximum Gasteiger partial charge on any atom is 0.253 e. The monoisotopic (exact) mass is 333 g/mol. The highest BCUT2D eigenvalue weighted by Gasteiger charge is 2.25. The number of hydrogen-bond donors (Lipinski definition) is 1. The Kier molecular flexibility index (Phi) is 5.14. The predicted octanol–water partition coefficient (Wildman–Crippen LogP) is 2.48. The quantitative estimate of drug-likeness (QED) is 0.878. The van der Waals surface area contributed by atoms with Gasteiger partial charge in [0, 0.05) is 0 Å². The van der Waals surface area contributed by atoms with Gasteiger partial charge in [0.25, 0.3) is 5.91 Å². The highest BCUT2D eigenvalue weighted by molar-refractivity contribution is 5.94. The number of benzene rings is 1. The summed E-state index contributed by atoms with van der Waals surface area (Å²) in [5.41, 5.74) is 0.642. The van der Waals surface area contributed by atoms with E-state index in [1.807, 2.05) is 6.92 Å². The molecule has 0 saturated heterocycles. The van der Waals surface area contributed by atoms with E-state index in [-0.39, 0.29) is 17.7 Å². The topological polar surface area (TPSA) is 81.9 Å². The molecule has 1 saturated carbocycles. The normalized spacial score (nSPS) is 16.2. The van der Waals surface area contributed by atoms with Gasteiger partial charge in [-0.15, -0.1) is 5.10 Å². The molecule has 1 heterocycles. The van der Waals surface area contributed by atoms with Crippen molar-refractivity contribution in [1.29, 1.82) is 0 Å². The number of ether oxygens (including phenoxy) is 1. The van der Waals surface area contributed by atoms with Crippen molar-refractivity contribution in [3.63, 3.8) is 0 Å². The third kappa shape index (κ3) is 3.76. The van der Waals surface area contributed by atoms with Gasteiger partial charge in [-0.3, -0.25) is 4.79 Å². The molecule has 1 aliphatic carbocycles. The summed E-state index contributed by atoms with van der Waals surface area (Å²) < 4.78 is 21.3. The summed E-state index contributed by atoms with van der Waals surface area (Å²) in [7, 11) is 0. The Balaban J connectivity index is 1.71. The SMILES string of the molecule is CCC(OC1CCCC1)C(=O)Nc1cc(-n2cnnn2)ccc1F. The maximum absolute atomic E-state index is 14.0. The molecule has 8 heteroatoms. The first-order valence-electron chi connectivity index (χ1n) is 8.16. The number of hydrogen-bond acceptors (Lipinski definition) is 5. The first-order chi connectivity index (χ1) is 11.7. The molecule has 0 spiro atoms. The van der Waals surface area contributed by atoms with E-state index in [1.54, 1.807) is 0 Å². The van der Waals surface area contributed by atoms with Crippen LogP contribution in [0.25, 0.3) is 5.69 Å². The van der Waals surface area contributed by atoms with E-state index in [0.717, 1.165) is 25.7 Å².